The average molecular weight is 517 g/mol. The zero-order valence-electron chi connectivity index (χ0n) is 21.2. The second-order valence-corrected chi connectivity index (χ2v) is 10.4. The Morgan fingerprint density at radius 2 is 1.84 bits per heavy atom. The molecule has 1 amide bonds. The lowest BCUT2D eigenvalue weighted by Gasteiger charge is -2.36. The zero-order valence-corrected chi connectivity index (χ0v) is 22.0. The van der Waals surface area contributed by atoms with Gasteiger partial charge >= 0.3 is 0 Å². The lowest BCUT2D eigenvalue weighted by Crippen LogP contribution is -2.49. The van der Waals surface area contributed by atoms with Gasteiger partial charge < -0.3 is 14.5 Å². The van der Waals surface area contributed by atoms with Crippen LogP contribution in [0, 0.1) is 18.3 Å². The van der Waals surface area contributed by atoms with E-state index in [4.69, 9.17) is 10.00 Å². The van der Waals surface area contributed by atoms with E-state index in [0.29, 0.717) is 35.8 Å². The smallest absolute Gasteiger partial charge is 0.267 e. The summed E-state index contributed by atoms with van der Waals surface area (Å²) in [6.07, 6.45) is 2.37. The van der Waals surface area contributed by atoms with Crippen LogP contribution in [0.1, 0.15) is 51.0 Å². The summed E-state index contributed by atoms with van der Waals surface area (Å²) in [4.78, 5) is 20.3. The molecule has 3 heterocycles. The van der Waals surface area contributed by atoms with E-state index in [1.54, 1.807) is 0 Å². The Morgan fingerprint density at radius 1 is 1.08 bits per heavy atom. The number of anilines is 1. The first-order chi connectivity index (χ1) is 18.1. The first-order valence-electron chi connectivity index (χ1n) is 12.9. The van der Waals surface area contributed by atoms with Gasteiger partial charge in [-0.15, -0.1) is 5.10 Å². The third-order valence-corrected chi connectivity index (χ3v) is 7.99. The van der Waals surface area contributed by atoms with Gasteiger partial charge in [0.05, 0.1) is 30.0 Å². The van der Waals surface area contributed by atoms with Gasteiger partial charge in [0.25, 0.3) is 5.91 Å². The fourth-order valence-corrected chi connectivity index (χ4v) is 5.59. The van der Waals surface area contributed by atoms with Gasteiger partial charge in [-0.2, -0.15) is 5.26 Å². The number of carbonyl (C=O) groups is 1. The maximum atomic E-state index is 12.9. The lowest BCUT2D eigenvalue weighted by molar-refractivity contribution is 0.00348. The molecule has 2 saturated heterocycles. The van der Waals surface area contributed by atoms with Crippen LogP contribution in [0.5, 0.6) is 0 Å². The van der Waals surface area contributed by atoms with Crippen molar-refractivity contribution < 1.29 is 9.53 Å². The van der Waals surface area contributed by atoms with Gasteiger partial charge in [-0.25, -0.2) is 0 Å². The van der Waals surface area contributed by atoms with E-state index in [1.807, 2.05) is 36.1 Å². The number of rotatable bonds is 8. The summed E-state index contributed by atoms with van der Waals surface area (Å²) in [6, 6.07) is 18.5. The molecular formula is C28H32N6O2S. The van der Waals surface area contributed by atoms with Crippen molar-refractivity contribution in [2.75, 3.05) is 50.7 Å². The van der Waals surface area contributed by atoms with Crippen LogP contribution in [-0.4, -0.2) is 71.1 Å². The molecule has 2 aliphatic heterocycles. The highest BCUT2D eigenvalue weighted by atomic mass is 32.1. The Hall–Kier alpha value is -3.32. The molecule has 37 heavy (non-hydrogen) atoms. The molecule has 8 nitrogen and oxygen atoms in total. The highest BCUT2D eigenvalue weighted by Gasteiger charge is 2.27. The van der Waals surface area contributed by atoms with Crippen molar-refractivity contribution in [3.8, 4) is 6.07 Å². The Bertz CT molecular complexity index is 1240. The van der Waals surface area contributed by atoms with Crippen LogP contribution in [0.2, 0.25) is 0 Å². The molecule has 0 radical (unpaired) electrons. The van der Waals surface area contributed by atoms with E-state index in [-0.39, 0.29) is 12.0 Å². The number of piperazine rings is 1. The normalized spacial score (nSPS) is 17.1. The molecule has 3 aromatic rings. The minimum atomic E-state index is -0.103. The van der Waals surface area contributed by atoms with Gasteiger partial charge in [0.1, 0.15) is 4.88 Å². The van der Waals surface area contributed by atoms with Gasteiger partial charge in [-0.3, -0.25) is 9.69 Å². The van der Waals surface area contributed by atoms with Crippen LogP contribution in [0.25, 0.3) is 0 Å². The minimum Gasteiger partial charge on any atom is -0.372 e. The van der Waals surface area contributed by atoms with Gasteiger partial charge in [0, 0.05) is 51.5 Å². The molecule has 5 rings (SSSR count). The molecule has 192 valence electrons. The predicted molar refractivity (Wildman–Crippen MR) is 144 cm³/mol. The SMILES string of the molecule is Cc1nnsc1C(=O)N1CCN(CC(OCc2ccc(C#N)cc2)c2cccc(N3CCCC3)c2)CC1. The molecule has 2 aromatic carbocycles. The van der Waals surface area contributed by atoms with Gasteiger partial charge in [-0.05, 0) is 66.7 Å². The monoisotopic (exact) mass is 516 g/mol. The molecule has 2 aliphatic rings. The van der Waals surface area contributed by atoms with E-state index in [0.717, 1.165) is 38.3 Å². The van der Waals surface area contributed by atoms with E-state index in [9.17, 15) is 4.79 Å². The summed E-state index contributed by atoms with van der Waals surface area (Å²) in [5, 5.41) is 13.1. The fraction of sp³-hybridized carbons (Fsp3) is 0.429. The Labute approximate surface area is 222 Å². The maximum absolute atomic E-state index is 12.9. The van der Waals surface area contributed by atoms with E-state index < -0.39 is 0 Å². The molecule has 0 N–H and O–H groups in total. The number of hydrogen-bond donors (Lipinski definition) is 0. The standard InChI is InChI=1S/C28H32N6O2S/c1-21-27(37-31-30-21)28(35)34-15-13-32(14-16-34)19-26(36-20-23-9-7-22(18-29)8-10-23)24-5-4-6-25(17-24)33-11-2-3-12-33/h4-10,17,26H,2-3,11-16,19-20H2,1H3. The number of benzene rings is 2. The third-order valence-electron chi connectivity index (χ3n) is 7.18. The van der Waals surface area contributed by atoms with Crippen molar-refractivity contribution in [2.24, 2.45) is 0 Å². The molecular weight excluding hydrogens is 484 g/mol. The summed E-state index contributed by atoms with van der Waals surface area (Å²) in [7, 11) is 0. The molecule has 0 saturated carbocycles. The second kappa shape index (κ2) is 11.8. The summed E-state index contributed by atoms with van der Waals surface area (Å²) >= 11 is 1.17. The van der Waals surface area contributed by atoms with Crippen molar-refractivity contribution in [1.29, 1.82) is 5.26 Å². The summed E-state index contributed by atoms with van der Waals surface area (Å²) < 4.78 is 10.4. The van der Waals surface area contributed by atoms with E-state index in [1.165, 1.54) is 35.6 Å². The second-order valence-electron chi connectivity index (χ2n) is 9.68. The number of amides is 1. The maximum Gasteiger partial charge on any atom is 0.267 e. The molecule has 0 aliphatic carbocycles. The summed E-state index contributed by atoms with van der Waals surface area (Å²) in [6.45, 7) is 8.19. The molecule has 0 bridgehead atoms. The fourth-order valence-electron chi connectivity index (χ4n) is 4.96. The Balaban J connectivity index is 1.27. The van der Waals surface area contributed by atoms with Crippen molar-refractivity contribution in [2.45, 2.75) is 32.5 Å². The predicted octanol–water partition coefficient (Wildman–Crippen LogP) is 4.03. The molecule has 0 spiro atoms. The molecule has 1 unspecified atom stereocenters. The molecule has 1 aromatic heterocycles. The Kier molecular flexibility index (Phi) is 8.09. The zero-order chi connectivity index (χ0) is 25.6. The Morgan fingerprint density at radius 3 is 2.51 bits per heavy atom. The lowest BCUT2D eigenvalue weighted by atomic mass is 10.1. The van der Waals surface area contributed by atoms with Crippen LogP contribution in [0.4, 0.5) is 5.69 Å². The number of aromatic nitrogens is 2. The van der Waals surface area contributed by atoms with Crippen LogP contribution in [0.15, 0.2) is 48.5 Å². The quantitative estimate of drug-likeness (QED) is 0.447. The van der Waals surface area contributed by atoms with Gasteiger partial charge in [0.15, 0.2) is 0 Å². The van der Waals surface area contributed by atoms with Gasteiger partial charge in [0.2, 0.25) is 0 Å². The van der Waals surface area contributed by atoms with E-state index >= 15 is 0 Å². The van der Waals surface area contributed by atoms with Crippen molar-refractivity contribution in [1.82, 2.24) is 19.4 Å². The van der Waals surface area contributed by atoms with Crippen LogP contribution in [0.3, 0.4) is 0 Å². The van der Waals surface area contributed by atoms with Crippen LogP contribution in [-0.2, 0) is 11.3 Å². The number of nitrogens with zero attached hydrogens (tertiary/aromatic N) is 6. The highest BCUT2D eigenvalue weighted by molar-refractivity contribution is 7.07. The molecule has 2 fully saturated rings. The number of nitriles is 1. The molecule has 1 atom stereocenters. The topological polar surface area (TPSA) is 85.6 Å². The third kappa shape index (κ3) is 6.16. The van der Waals surface area contributed by atoms with Crippen molar-refractivity contribution >= 4 is 23.1 Å². The average Bonchev–Trinajstić information content (AvgIpc) is 3.64. The number of aryl methyl sites for hydroxylation is 1. The molecule has 9 heteroatoms. The van der Waals surface area contributed by atoms with Gasteiger partial charge in [-0.1, -0.05) is 28.8 Å². The number of carbonyl (C=O) groups excluding carboxylic acids is 1. The first kappa shape index (κ1) is 25.3. The van der Waals surface area contributed by atoms with Crippen molar-refractivity contribution in [3.05, 3.63) is 75.8 Å². The largest absolute Gasteiger partial charge is 0.372 e. The highest BCUT2D eigenvalue weighted by Crippen LogP contribution is 2.28. The van der Waals surface area contributed by atoms with E-state index in [2.05, 4.69) is 49.7 Å². The van der Waals surface area contributed by atoms with Crippen LogP contribution < -0.4 is 4.90 Å². The number of ether oxygens (including phenoxy) is 1. The summed E-state index contributed by atoms with van der Waals surface area (Å²) in [5.41, 5.74) is 4.82. The first-order valence-corrected chi connectivity index (χ1v) is 13.6. The number of hydrogen-bond acceptors (Lipinski definition) is 8. The summed E-state index contributed by atoms with van der Waals surface area (Å²) in [5.74, 6) is 0.0269. The van der Waals surface area contributed by atoms with Crippen molar-refractivity contribution in [3.63, 3.8) is 0 Å². The van der Waals surface area contributed by atoms with Crippen LogP contribution >= 0.6 is 11.5 Å². The minimum absolute atomic E-state index is 0.0269.